The number of benzene rings is 2. The van der Waals surface area contributed by atoms with Crippen LogP contribution in [0, 0.1) is 5.82 Å². The summed E-state index contributed by atoms with van der Waals surface area (Å²) in [7, 11) is 0. The van der Waals surface area contributed by atoms with E-state index in [2.05, 4.69) is 0 Å². The summed E-state index contributed by atoms with van der Waals surface area (Å²) in [6.07, 6.45) is 0. The lowest BCUT2D eigenvalue weighted by atomic mass is 10.1. The first kappa shape index (κ1) is 11.7. The van der Waals surface area contributed by atoms with E-state index >= 15 is 0 Å². The molecule has 0 aliphatic carbocycles. The Morgan fingerprint density at radius 2 is 1.56 bits per heavy atom. The van der Waals surface area contributed by atoms with Gasteiger partial charge in [0, 0.05) is 5.56 Å². The molecule has 2 aromatic rings. The van der Waals surface area contributed by atoms with Crippen LogP contribution in [0.3, 0.4) is 0 Å². The zero-order valence-corrected chi connectivity index (χ0v) is 10.2. The molecule has 0 unspecified atom stereocenters. The topological polar surface area (TPSA) is 0 Å². The van der Waals surface area contributed by atoms with Gasteiger partial charge in [-0.25, -0.2) is 4.39 Å². The second-order valence-corrected chi connectivity index (χ2v) is 4.45. The Bertz CT molecular complexity index is 518. The number of hydrogen-bond donors (Lipinski definition) is 0. The van der Waals surface area contributed by atoms with Crippen LogP contribution in [0.4, 0.5) is 4.39 Å². The molecule has 0 heterocycles. The largest absolute Gasteiger partial charge is 0.206 e. The van der Waals surface area contributed by atoms with Gasteiger partial charge in [-0.1, -0.05) is 46.9 Å². The van der Waals surface area contributed by atoms with E-state index in [-0.39, 0.29) is 5.82 Å². The van der Waals surface area contributed by atoms with Crippen LogP contribution in [-0.2, 0) is 0 Å². The molecule has 16 heavy (non-hydrogen) atoms. The first-order valence-corrected chi connectivity index (χ1v) is 5.62. The third-order valence-electron chi connectivity index (χ3n) is 2.17. The van der Waals surface area contributed by atoms with Gasteiger partial charge in [0.1, 0.15) is 5.82 Å². The molecule has 0 amide bonds. The predicted molar refractivity (Wildman–Crippen MR) is 66.9 cm³/mol. The van der Waals surface area contributed by atoms with E-state index in [9.17, 15) is 4.39 Å². The standard InChI is InChI=1S/C12H6Cl3F/c13-8-5-4-7(6-10(8)15)12-9(14)2-1-3-11(12)16/h1-6H. The van der Waals surface area contributed by atoms with E-state index in [1.165, 1.54) is 6.07 Å². The first-order valence-electron chi connectivity index (χ1n) is 4.49. The van der Waals surface area contributed by atoms with Crippen LogP contribution in [0.25, 0.3) is 11.1 Å². The van der Waals surface area contributed by atoms with Crippen LogP contribution >= 0.6 is 34.8 Å². The fourth-order valence-corrected chi connectivity index (χ4v) is 2.00. The molecular weight excluding hydrogens is 269 g/mol. The Kier molecular flexibility index (Phi) is 3.38. The summed E-state index contributed by atoms with van der Waals surface area (Å²) in [5.74, 6) is -0.383. The maximum absolute atomic E-state index is 13.6. The minimum Gasteiger partial charge on any atom is -0.206 e. The summed E-state index contributed by atoms with van der Waals surface area (Å²) in [6.45, 7) is 0. The molecule has 0 saturated carbocycles. The molecule has 2 rings (SSSR count). The minimum absolute atomic E-state index is 0.336. The van der Waals surface area contributed by atoms with Crippen molar-refractivity contribution in [2.75, 3.05) is 0 Å². The van der Waals surface area contributed by atoms with Crippen LogP contribution in [-0.4, -0.2) is 0 Å². The molecule has 2 aromatic carbocycles. The Labute approximate surface area is 108 Å². The second-order valence-electron chi connectivity index (χ2n) is 3.23. The van der Waals surface area contributed by atoms with E-state index in [1.807, 2.05) is 0 Å². The average molecular weight is 276 g/mol. The minimum atomic E-state index is -0.383. The van der Waals surface area contributed by atoms with Crippen molar-refractivity contribution in [1.82, 2.24) is 0 Å². The van der Waals surface area contributed by atoms with Gasteiger partial charge in [-0.15, -0.1) is 0 Å². The fourth-order valence-electron chi connectivity index (χ4n) is 1.43. The van der Waals surface area contributed by atoms with Gasteiger partial charge >= 0.3 is 0 Å². The van der Waals surface area contributed by atoms with Crippen molar-refractivity contribution in [3.8, 4) is 11.1 Å². The summed E-state index contributed by atoms with van der Waals surface area (Å²) in [5.41, 5.74) is 0.945. The van der Waals surface area contributed by atoms with E-state index in [0.717, 1.165) is 0 Å². The highest BCUT2D eigenvalue weighted by Gasteiger charge is 2.10. The van der Waals surface area contributed by atoms with Crippen molar-refractivity contribution in [1.29, 1.82) is 0 Å². The quantitative estimate of drug-likeness (QED) is 0.649. The lowest BCUT2D eigenvalue weighted by Gasteiger charge is -2.07. The maximum atomic E-state index is 13.6. The summed E-state index contributed by atoms with van der Waals surface area (Å²) in [5, 5.41) is 1.15. The Hall–Kier alpha value is -0.760. The van der Waals surface area contributed by atoms with Gasteiger partial charge in [-0.2, -0.15) is 0 Å². The van der Waals surface area contributed by atoms with Gasteiger partial charge in [0.2, 0.25) is 0 Å². The molecule has 82 valence electrons. The highest BCUT2D eigenvalue weighted by atomic mass is 35.5. The Balaban J connectivity index is 2.63. The lowest BCUT2D eigenvalue weighted by molar-refractivity contribution is 0.631. The van der Waals surface area contributed by atoms with Gasteiger partial charge in [0.05, 0.1) is 15.1 Å². The van der Waals surface area contributed by atoms with E-state index < -0.39 is 0 Å². The van der Waals surface area contributed by atoms with Crippen molar-refractivity contribution in [2.24, 2.45) is 0 Å². The molecule has 0 aromatic heterocycles. The maximum Gasteiger partial charge on any atom is 0.132 e. The zero-order chi connectivity index (χ0) is 11.7. The molecule has 0 atom stereocenters. The van der Waals surface area contributed by atoms with Gasteiger partial charge in [0.15, 0.2) is 0 Å². The van der Waals surface area contributed by atoms with E-state index in [1.54, 1.807) is 30.3 Å². The van der Waals surface area contributed by atoms with Gasteiger partial charge in [-0.3, -0.25) is 0 Å². The Morgan fingerprint density at radius 1 is 0.812 bits per heavy atom. The smallest absolute Gasteiger partial charge is 0.132 e. The number of rotatable bonds is 1. The predicted octanol–water partition coefficient (Wildman–Crippen LogP) is 5.45. The molecule has 0 N–H and O–H groups in total. The summed E-state index contributed by atoms with van der Waals surface area (Å²) in [4.78, 5) is 0. The molecule has 0 fully saturated rings. The summed E-state index contributed by atoms with van der Waals surface area (Å²) >= 11 is 17.6. The van der Waals surface area contributed by atoms with Crippen LogP contribution in [0.15, 0.2) is 36.4 Å². The monoisotopic (exact) mass is 274 g/mol. The van der Waals surface area contributed by atoms with Crippen molar-refractivity contribution in [2.45, 2.75) is 0 Å². The number of hydrogen-bond acceptors (Lipinski definition) is 0. The SMILES string of the molecule is Fc1cccc(Cl)c1-c1ccc(Cl)c(Cl)c1. The van der Waals surface area contributed by atoms with Gasteiger partial charge in [0.25, 0.3) is 0 Å². The zero-order valence-electron chi connectivity index (χ0n) is 7.98. The second kappa shape index (κ2) is 4.62. The third kappa shape index (κ3) is 2.17. The molecule has 0 aliphatic rings. The lowest BCUT2D eigenvalue weighted by Crippen LogP contribution is -1.85. The van der Waals surface area contributed by atoms with Crippen molar-refractivity contribution in [3.05, 3.63) is 57.3 Å². The molecule has 0 bridgehead atoms. The Morgan fingerprint density at radius 3 is 2.19 bits per heavy atom. The molecular formula is C12H6Cl3F. The van der Waals surface area contributed by atoms with E-state index in [4.69, 9.17) is 34.8 Å². The normalized spacial score (nSPS) is 10.5. The molecule has 0 aliphatic heterocycles. The van der Waals surface area contributed by atoms with Gasteiger partial charge < -0.3 is 0 Å². The molecule has 0 nitrogen and oxygen atoms in total. The number of halogens is 4. The highest BCUT2D eigenvalue weighted by molar-refractivity contribution is 6.42. The first-order chi connectivity index (χ1) is 7.59. The van der Waals surface area contributed by atoms with Crippen LogP contribution in [0.1, 0.15) is 0 Å². The molecule has 0 radical (unpaired) electrons. The van der Waals surface area contributed by atoms with Gasteiger partial charge in [-0.05, 0) is 29.8 Å². The van der Waals surface area contributed by atoms with Crippen molar-refractivity contribution in [3.63, 3.8) is 0 Å². The van der Waals surface area contributed by atoms with Crippen molar-refractivity contribution < 1.29 is 4.39 Å². The van der Waals surface area contributed by atoms with Crippen molar-refractivity contribution >= 4 is 34.8 Å². The van der Waals surface area contributed by atoms with Crippen LogP contribution in [0.5, 0.6) is 0 Å². The molecule has 0 saturated heterocycles. The molecule has 0 spiro atoms. The summed E-state index contributed by atoms with van der Waals surface area (Å²) < 4.78 is 13.6. The van der Waals surface area contributed by atoms with E-state index in [0.29, 0.717) is 26.2 Å². The fraction of sp³-hybridized carbons (Fsp3) is 0. The molecule has 4 heteroatoms. The third-order valence-corrected chi connectivity index (χ3v) is 3.23. The highest BCUT2D eigenvalue weighted by Crippen LogP contribution is 2.34. The van der Waals surface area contributed by atoms with Crippen LogP contribution in [0.2, 0.25) is 15.1 Å². The summed E-state index contributed by atoms with van der Waals surface area (Å²) in [6, 6.07) is 9.42. The average Bonchev–Trinajstić information content (AvgIpc) is 2.23. The van der Waals surface area contributed by atoms with Crippen LogP contribution < -0.4 is 0 Å².